The summed E-state index contributed by atoms with van der Waals surface area (Å²) < 4.78 is 4.59. The van der Waals surface area contributed by atoms with E-state index in [0.29, 0.717) is 13.1 Å². The molecule has 0 bridgehead atoms. The Kier molecular flexibility index (Phi) is 4.80. The number of halogens is 1. The van der Waals surface area contributed by atoms with Gasteiger partial charge < -0.3 is 15.0 Å². The van der Waals surface area contributed by atoms with Crippen LogP contribution in [0.2, 0.25) is 5.02 Å². The van der Waals surface area contributed by atoms with E-state index in [-0.39, 0.29) is 16.3 Å². The van der Waals surface area contributed by atoms with Gasteiger partial charge in [0.1, 0.15) is 0 Å². The lowest BCUT2D eigenvalue weighted by atomic mass is 10.2. The third kappa shape index (κ3) is 3.52. The largest absolute Gasteiger partial charge is 0.465 e. The molecule has 1 aromatic carbocycles. The molecule has 0 aliphatic carbocycles. The summed E-state index contributed by atoms with van der Waals surface area (Å²) >= 11 is 5.96. The van der Waals surface area contributed by atoms with Crippen LogP contribution in [-0.4, -0.2) is 42.9 Å². The Labute approximate surface area is 127 Å². The third-order valence-electron chi connectivity index (χ3n) is 3.22. The highest BCUT2D eigenvalue weighted by atomic mass is 35.5. The zero-order chi connectivity index (χ0) is 15.4. The van der Waals surface area contributed by atoms with Crippen molar-refractivity contribution in [2.75, 3.05) is 25.5 Å². The van der Waals surface area contributed by atoms with E-state index < -0.39 is 17.8 Å². The smallest absolute Gasteiger partial charge is 0.337 e. The highest BCUT2D eigenvalue weighted by Crippen LogP contribution is 2.23. The van der Waals surface area contributed by atoms with Gasteiger partial charge in [0.05, 0.1) is 23.4 Å². The molecule has 1 N–H and O–H groups in total. The van der Waals surface area contributed by atoms with E-state index >= 15 is 0 Å². The van der Waals surface area contributed by atoms with Crippen LogP contribution in [0.15, 0.2) is 18.2 Å². The highest BCUT2D eigenvalue weighted by molar-refractivity contribution is 6.41. The Morgan fingerprint density at radius 2 is 1.90 bits per heavy atom. The van der Waals surface area contributed by atoms with E-state index in [1.54, 1.807) is 0 Å². The molecule has 1 fully saturated rings. The van der Waals surface area contributed by atoms with Crippen LogP contribution in [0.4, 0.5) is 5.69 Å². The lowest BCUT2D eigenvalue weighted by Gasteiger charge is -2.15. The molecule has 112 valence electrons. The van der Waals surface area contributed by atoms with Crippen molar-refractivity contribution in [2.45, 2.75) is 12.8 Å². The maximum Gasteiger partial charge on any atom is 0.337 e. The second-order valence-electron chi connectivity index (χ2n) is 4.64. The monoisotopic (exact) mass is 310 g/mol. The summed E-state index contributed by atoms with van der Waals surface area (Å²) in [6.45, 7) is 1.17. The number of amides is 2. The molecule has 0 atom stereocenters. The molecule has 1 aliphatic rings. The Morgan fingerprint density at radius 1 is 1.24 bits per heavy atom. The fraction of sp³-hybridized carbons (Fsp3) is 0.357. The molecule has 0 spiro atoms. The van der Waals surface area contributed by atoms with Crippen molar-refractivity contribution in [3.05, 3.63) is 28.8 Å². The fourth-order valence-electron chi connectivity index (χ4n) is 2.11. The maximum absolute atomic E-state index is 11.9. The van der Waals surface area contributed by atoms with Crippen molar-refractivity contribution in [2.24, 2.45) is 0 Å². The second-order valence-corrected chi connectivity index (χ2v) is 5.05. The van der Waals surface area contributed by atoms with Crippen molar-refractivity contribution in [1.29, 1.82) is 0 Å². The molecule has 2 rings (SSSR count). The topological polar surface area (TPSA) is 75.7 Å². The molecule has 0 unspecified atom stereocenters. The first-order valence-electron chi connectivity index (χ1n) is 6.51. The van der Waals surface area contributed by atoms with Crippen LogP contribution >= 0.6 is 11.6 Å². The number of hydrogen-bond acceptors (Lipinski definition) is 4. The van der Waals surface area contributed by atoms with Gasteiger partial charge in [0, 0.05) is 13.1 Å². The number of benzene rings is 1. The Bertz CT molecular complexity index is 582. The van der Waals surface area contributed by atoms with Crippen LogP contribution in [0.1, 0.15) is 23.2 Å². The predicted octanol–water partition coefficient (Wildman–Crippen LogP) is 1.69. The number of rotatable bonds is 2. The summed E-state index contributed by atoms with van der Waals surface area (Å²) in [6.07, 6.45) is 1.80. The van der Waals surface area contributed by atoms with E-state index in [9.17, 15) is 14.4 Å². The van der Waals surface area contributed by atoms with Crippen LogP contribution in [-0.2, 0) is 14.3 Å². The summed E-state index contributed by atoms with van der Waals surface area (Å²) in [5.41, 5.74) is 0.447. The molecule has 0 aromatic heterocycles. The SMILES string of the molecule is COC(=O)c1ccc(Cl)c(NC(=O)C(=O)N2CCCC2)c1. The molecule has 6 nitrogen and oxygen atoms in total. The minimum Gasteiger partial charge on any atom is -0.465 e. The van der Waals surface area contributed by atoms with E-state index in [4.69, 9.17) is 11.6 Å². The lowest BCUT2D eigenvalue weighted by molar-refractivity contribution is -0.142. The molecule has 2 amide bonds. The van der Waals surface area contributed by atoms with Crippen molar-refractivity contribution in [3.63, 3.8) is 0 Å². The van der Waals surface area contributed by atoms with E-state index in [0.717, 1.165) is 12.8 Å². The number of ether oxygens (including phenoxy) is 1. The van der Waals surface area contributed by atoms with Crippen LogP contribution in [0.25, 0.3) is 0 Å². The number of nitrogens with zero attached hydrogens (tertiary/aromatic N) is 1. The zero-order valence-corrected chi connectivity index (χ0v) is 12.3. The van der Waals surface area contributed by atoms with E-state index in [2.05, 4.69) is 10.1 Å². The first kappa shape index (κ1) is 15.3. The van der Waals surface area contributed by atoms with Crippen molar-refractivity contribution >= 4 is 35.1 Å². The zero-order valence-electron chi connectivity index (χ0n) is 11.5. The minimum absolute atomic E-state index is 0.206. The molecule has 21 heavy (non-hydrogen) atoms. The van der Waals surface area contributed by atoms with Gasteiger partial charge in [-0.3, -0.25) is 9.59 Å². The first-order valence-corrected chi connectivity index (χ1v) is 6.89. The molecule has 1 heterocycles. The molecule has 7 heteroatoms. The first-order chi connectivity index (χ1) is 10.0. The molecule has 0 saturated carbocycles. The van der Waals surface area contributed by atoms with Crippen LogP contribution in [0.3, 0.4) is 0 Å². The van der Waals surface area contributed by atoms with Gasteiger partial charge >= 0.3 is 17.8 Å². The number of nitrogens with one attached hydrogen (secondary N) is 1. The maximum atomic E-state index is 11.9. The van der Waals surface area contributed by atoms with Gasteiger partial charge in [-0.25, -0.2) is 4.79 Å². The molecular formula is C14H15ClN2O4. The summed E-state index contributed by atoms with van der Waals surface area (Å²) in [7, 11) is 1.26. The summed E-state index contributed by atoms with van der Waals surface area (Å²) in [4.78, 5) is 36.8. The van der Waals surface area contributed by atoms with Crippen molar-refractivity contribution < 1.29 is 19.1 Å². The normalized spacial score (nSPS) is 13.9. The van der Waals surface area contributed by atoms with E-state index in [1.807, 2.05) is 0 Å². The Balaban J connectivity index is 2.12. The fourth-order valence-corrected chi connectivity index (χ4v) is 2.27. The van der Waals surface area contributed by atoms with Gasteiger partial charge in [0.2, 0.25) is 0 Å². The summed E-state index contributed by atoms with van der Waals surface area (Å²) in [6, 6.07) is 4.32. The van der Waals surface area contributed by atoms with Gasteiger partial charge in [-0.05, 0) is 31.0 Å². The number of likely N-dealkylation sites (tertiary alicyclic amines) is 1. The molecule has 0 radical (unpaired) electrons. The summed E-state index contributed by atoms with van der Waals surface area (Å²) in [5.74, 6) is -1.90. The van der Waals surface area contributed by atoms with Crippen LogP contribution < -0.4 is 5.32 Å². The Hall–Kier alpha value is -2.08. The molecular weight excluding hydrogens is 296 g/mol. The molecule has 1 aliphatic heterocycles. The number of hydrogen-bond donors (Lipinski definition) is 1. The van der Waals surface area contributed by atoms with Gasteiger partial charge in [-0.1, -0.05) is 11.6 Å². The number of carbonyl (C=O) groups excluding carboxylic acids is 3. The quantitative estimate of drug-likeness (QED) is 0.666. The number of carbonyl (C=O) groups is 3. The van der Waals surface area contributed by atoms with Crippen molar-refractivity contribution in [1.82, 2.24) is 4.90 Å². The van der Waals surface area contributed by atoms with Crippen LogP contribution in [0.5, 0.6) is 0 Å². The number of anilines is 1. The van der Waals surface area contributed by atoms with E-state index in [1.165, 1.54) is 30.2 Å². The van der Waals surface area contributed by atoms with Gasteiger partial charge in [-0.15, -0.1) is 0 Å². The molecule has 1 aromatic rings. The predicted molar refractivity (Wildman–Crippen MR) is 77.2 cm³/mol. The summed E-state index contributed by atoms with van der Waals surface area (Å²) in [5, 5.41) is 2.68. The van der Waals surface area contributed by atoms with Gasteiger partial charge in [0.25, 0.3) is 0 Å². The highest BCUT2D eigenvalue weighted by Gasteiger charge is 2.25. The Morgan fingerprint density at radius 3 is 2.52 bits per heavy atom. The molecule has 1 saturated heterocycles. The number of methoxy groups -OCH3 is 1. The standard InChI is InChI=1S/C14H15ClN2O4/c1-21-14(20)9-4-5-10(15)11(8-9)16-12(18)13(19)17-6-2-3-7-17/h4-5,8H,2-3,6-7H2,1H3,(H,16,18). The second kappa shape index (κ2) is 6.58. The van der Waals surface area contributed by atoms with Gasteiger partial charge in [0.15, 0.2) is 0 Å². The minimum atomic E-state index is -0.763. The van der Waals surface area contributed by atoms with Gasteiger partial charge in [-0.2, -0.15) is 0 Å². The average Bonchev–Trinajstić information content (AvgIpc) is 3.02. The average molecular weight is 311 g/mol. The third-order valence-corrected chi connectivity index (χ3v) is 3.55. The lowest BCUT2D eigenvalue weighted by Crippen LogP contribution is -2.37. The van der Waals surface area contributed by atoms with Crippen molar-refractivity contribution in [3.8, 4) is 0 Å². The van der Waals surface area contributed by atoms with Crippen LogP contribution in [0, 0.1) is 0 Å². The number of esters is 1.